The summed E-state index contributed by atoms with van der Waals surface area (Å²) < 4.78 is 0. The molecule has 1 atom stereocenters. The van der Waals surface area contributed by atoms with Crippen LogP contribution in [0.3, 0.4) is 0 Å². The van der Waals surface area contributed by atoms with Crippen LogP contribution in [0.4, 0.5) is 5.69 Å². The summed E-state index contributed by atoms with van der Waals surface area (Å²) in [5.74, 6) is 1.07. The lowest BCUT2D eigenvalue weighted by Gasteiger charge is -2.45. The van der Waals surface area contributed by atoms with Gasteiger partial charge in [-0.25, -0.2) is 4.98 Å². The van der Waals surface area contributed by atoms with Gasteiger partial charge in [-0.2, -0.15) is 0 Å². The molecule has 1 aromatic heterocycles. The van der Waals surface area contributed by atoms with Crippen LogP contribution in [0.1, 0.15) is 38.7 Å². The summed E-state index contributed by atoms with van der Waals surface area (Å²) in [5.41, 5.74) is 5.14. The van der Waals surface area contributed by atoms with E-state index >= 15 is 0 Å². The normalized spacial score (nSPS) is 18.2. The number of nitrogens with one attached hydrogen (secondary N) is 1. The van der Waals surface area contributed by atoms with Crippen molar-refractivity contribution in [3.8, 4) is 22.6 Å². The van der Waals surface area contributed by atoms with Crippen LogP contribution in [-0.4, -0.2) is 22.6 Å². The summed E-state index contributed by atoms with van der Waals surface area (Å²) >= 11 is 0. The van der Waals surface area contributed by atoms with E-state index in [1.165, 1.54) is 11.3 Å². The summed E-state index contributed by atoms with van der Waals surface area (Å²) in [6.45, 7) is 6.83. The second kappa shape index (κ2) is 6.38. The zero-order chi connectivity index (χ0) is 19.2. The highest BCUT2D eigenvalue weighted by Crippen LogP contribution is 2.43. The van der Waals surface area contributed by atoms with Crippen molar-refractivity contribution in [3.63, 3.8) is 0 Å². The van der Waals surface area contributed by atoms with Gasteiger partial charge in [0.1, 0.15) is 5.82 Å². The Hall–Kier alpha value is -2.88. The topological polar surface area (TPSA) is 49.0 Å². The second-order valence-electron chi connectivity index (χ2n) is 8.10. The molecule has 0 saturated heterocycles. The minimum absolute atomic E-state index is 0.133. The van der Waals surface area contributed by atoms with Gasteiger partial charge in [0.05, 0.1) is 5.69 Å². The maximum Gasteiger partial charge on any atom is 0.251 e. The van der Waals surface area contributed by atoms with Crippen molar-refractivity contribution in [2.45, 2.75) is 38.6 Å². The van der Waals surface area contributed by atoms with Gasteiger partial charge < -0.3 is 9.88 Å². The summed E-state index contributed by atoms with van der Waals surface area (Å²) in [6.07, 6.45) is 1.09. The predicted molar refractivity (Wildman–Crippen MR) is 111 cm³/mol. The van der Waals surface area contributed by atoms with Crippen molar-refractivity contribution in [2.75, 3.05) is 11.9 Å². The van der Waals surface area contributed by atoms with E-state index in [1.54, 1.807) is 6.07 Å². The van der Waals surface area contributed by atoms with Crippen molar-refractivity contribution in [1.29, 1.82) is 0 Å². The first kappa shape index (κ1) is 17.5. The van der Waals surface area contributed by atoms with Crippen LogP contribution in [0.2, 0.25) is 0 Å². The van der Waals surface area contributed by atoms with Crippen LogP contribution >= 0.6 is 0 Å². The van der Waals surface area contributed by atoms with Crippen LogP contribution in [0.15, 0.2) is 59.4 Å². The first-order valence-electron chi connectivity index (χ1n) is 9.40. The summed E-state index contributed by atoms with van der Waals surface area (Å²) in [5, 5.41) is 0. The van der Waals surface area contributed by atoms with Crippen molar-refractivity contribution >= 4 is 5.69 Å². The van der Waals surface area contributed by atoms with Gasteiger partial charge >= 0.3 is 0 Å². The predicted octanol–water partition coefficient (Wildman–Crippen LogP) is 4.83. The quantitative estimate of drug-likeness (QED) is 0.713. The third-order valence-electron chi connectivity index (χ3n) is 5.72. The lowest BCUT2D eigenvalue weighted by Crippen LogP contribution is -2.45. The molecule has 138 valence electrons. The molecule has 0 saturated carbocycles. The molecule has 0 radical (unpaired) electrons. The minimum Gasteiger partial charge on any atom is -0.369 e. The molecule has 1 unspecified atom stereocenters. The molecule has 1 N–H and O–H groups in total. The molecule has 2 heterocycles. The van der Waals surface area contributed by atoms with Gasteiger partial charge in [0.15, 0.2) is 0 Å². The number of nitrogens with zero attached hydrogens (tertiary/aromatic N) is 2. The highest BCUT2D eigenvalue weighted by molar-refractivity contribution is 5.69. The van der Waals surface area contributed by atoms with E-state index in [9.17, 15) is 4.79 Å². The fraction of sp³-hybridized carbons (Fsp3) is 0.304. The smallest absolute Gasteiger partial charge is 0.251 e. The van der Waals surface area contributed by atoms with Crippen molar-refractivity contribution < 1.29 is 0 Å². The van der Waals surface area contributed by atoms with Gasteiger partial charge in [-0.15, -0.1) is 0 Å². The second-order valence-corrected chi connectivity index (χ2v) is 8.10. The van der Waals surface area contributed by atoms with Crippen molar-refractivity contribution in [1.82, 2.24) is 9.97 Å². The van der Waals surface area contributed by atoms with Gasteiger partial charge in [0.25, 0.3) is 5.56 Å². The standard InChI is InChI=1S/C23H25N3O/c1-15-14-23(2,3)26(4)20-11-10-17(12-18(15)20)22-24-19(13-21(27)25-22)16-8-6-5-7-9-16/h5-13,15H,14H2,1-4H3,(H,24,25,27). The zero-order valence-corrected chi connectivity index (χ0v) is 16.3. The van der Waals surface area contributed by atoms with Crippen LogP contribution in [-0.2, 0) is 0 Å². The van der Waals surface area contributed by atoms with E-state index in [2.05, 4.69) is 55.9 Å². The number of aromatic nitrogens is 2. The van der Waals surface area contributed by atoms with E-state index in [4.69, 9.17) is 4.98 Å². The monoisotopic (exact) mass is 359 g/mol. The van der Waals surface area contributed by atoms with Crippen LogP contribution < -0.4 is 10.5 Å². The number of rotatable bonds is 2. The summed E-state index contributed by atoms with van der Waals surface area (Å²) in [6, 6.07) is 17.7. The van der Waals surface area contributed by atoms with Gasteiger partial charge in [-0.1, -0.05) is 37.3 Å². The number of benzene rings is 2. The van der Waals surface area contributed by atoms with Gasteiger partial charge in [0, 0.05) is 35.5 Å². The Morgan fingerprint density at radius 3 is 2.56 bits per heavy atom. The Bertz CT molecular complexity index is 1040. The summed E-state index contributed by atoms with van der Waals surface area (Å²) in [4.78, 5) is 22.2. The molecule has 0 bridgehead atoms. The Balaban J connectivity index is 1.81. The van der Waals surface area contributed by atoms with E-state index in [-0.39, 0.29) is 11.1 Å². The van der Waals surface area contributed by atoms with E-state index in [1.807, 2.05) is 30.3 Å². The van der Waals surface area contributed by atoms with Gasteiger partial charge in [-0.3, -0.25) is 4.79 Å². The molecule has 1 aliphatic rings. The van der Waals surface area contributed by atoms with E-state index in [0.29, 0.717) is 17.4 Å². The molecule has 0 spiro atoms. The van der Waals surface area contributed by atoms with Gasteiger partial charge in [-0.05, 0) is 49.9 Å². The Kier molecular flexibility index (Phi) is 4.14. The number of anilines is 1. The fourth-order valence-corrected chi connectivity index (χ4v) is 4.08. The van der Waals surface area contributed by atoms with Crippen LogP contribution in [0.5, 0.6) is 0 Å². The van der Waals surface area contributed by atoms with Gasteiger partial charge in [0.2, 0.25) is 0 Å². The number of hydrogen-bond donors (Lipinski definition) is 1. The van der Waals surface area contributed by atoms with Crippen LogP contribution in [0, 0.1) is 0 Å². The number of hydrogen-bond acceptors (Lipinski definition) is 3. The fourth-order valence-electron chi connectivity index (χ4n) is 4.08. The maximum absolute atomic E-state index is 12.2. The molecular weight excluding hydrogens is 334 g/mol. The molecule has 4 nitrogen and oxygen atoms in total. The molecule has 0 aliphatic carbocycles. The summed E-state index contributed by atoms with van der Waals surface area (Å²) in [7, 11) is 2.15. The third kappa shape index (κ3) is 3.16. The molecular formula is C23H25N3O. The zero-order valence-electron chi connectivity index (χ0n) is 16.3. The number of aromatic amines is 1. The molecule has 2 aromatic carbocycles. The molecule has 0 fully saturated rings. The highest BCUT2D eigenvalue weighted by atomic mass is 16.1. The average Bonchev–Trinajstić information content (AvgIpc) is 2.66. The minimum atomic E-state index is -0.136. The number of fused-ring (bicyclic) bond motifs is 1. The Morgan fingerprint density at radius 2 is 1.81 bits per heavy atom. The first-order chi connectivity index (χ1) is 12.8. The lowest BCUT2D eigenvalue weighted by atomic mass is 9.80. The molecule has 27 heavy (non-hydrogen) atoms. The van der Waals surface area contributed by atoms with E-state index < -0.39 is 0 Å². The highest BCUT2D eigenvalue weighted by Gasteiger charge is 2.34. The number of H-pyrrole nitrogens is 1. The average molecular weight is 359 g/mol. The van der Waals surface area contributed by atoms with Crippen molar-refractivity contribution in [3.05, 3.63) is 70.5 Å². The maximum atomic E-state index is 12.2. The molecule has 4 heteroatoms. The Labute approximate surface area is 159 Å². The SMILES string of the molecule is CC1CC(C)(C)N(C)c2ccc(-c3nc(-c4ccccc4)cc(=O)[nH]3)cc21. The largest absolute Gasteiger partial charge is 0.369 e. The van der Waals surface area contributed by atoms with Crippen molar-refractivity contribution in [2.24, 2.45) is 0 Å². The van der Waals surface area contributed by atoms with E-state index in [0.717, 1.165) is 17.5 Å². The molecule has 1 aliphatic heterocycles. The van der Waals surface area contributed by atoms with Crippen LogP contribution in [0.25, 0.3) is 22.6 Å². The lowest BCUT2D eigenvalue weighted by molar-refractivity contribution is 0.395. The molecule has 0 amide bonds. The third-order valence-corrected chi connectivity index (χ3v) is 5.72. The molecule has 3 aromatic rings. The Morgan fingerprint density at radius 1 is 1.07 bits per heavy atom. The first-order valence-corrected chi connectivity index (χ1v) is 9.40. The molecule has 4 rings (SSSR count).